The Labute approximate surface area is 185 Å². The number of nitrogens with one attached hydrogen (secondary N) is 1. The molecule has 1 heterocycles. The van der Waals surface area contributed by atoms with Gasteiger partial charge in [0.05, 0.1) is 0 Å². The zero-order chi connectivity index (χ0) is 20.6. The van der Waals surface area contributed by atoms with E-state index in [1.54, 1.807) is 0 Å². The average Bonchev–Trinajstić information content (AvgIpc) is 2.76. The monoisotopic (exact) mass is 435 g/mol. The van der Waals surface area contributed by atoms with Crippen molar-refractivity contribution >= 4 is 30.0 Å². The van der Waals surface area contributed by atoms with Crippen molar-refractivity contribution < 1.29 is 14.4 Å². The fourth-order valence-corrected chi connectivity index (χ4v) is 4.41. The number of benzene rings is 1. The van der Waals surface area contributed by atoms with Gasteiger partial charge < -0.3 is 16.0 Å². The van der Waals surface area contributed by atoms with E-state index in [0.717, 1.165) is 37.7 Å². The standard InChI is InChI=1S/C23H33N3O3.ClH/c24-13-12-22(28)25-16-20-7-3-4-14-26(20)23(29)11-10-21(27)19-9-8-17-5-1-2-6-18(17)15-19;/h8-9,15,20H,1-7,10-14,16,24H2,(H,25,28);1H. The summed E-state index contributed by atoms with van der Waals surface area (Å²) >= 11 is 0. The zero-order valence-corrected chi connectivity index (χ0v) is 18.5. The average molecular weight is 436 g/mol. The first-order chi connectivity index (χ1) is 14.1. The van der Waals surface area contributed by atoms with Crippen LogP contribution in [0.25, 0.3) is 0 Å². The first-order valence-corrected chi connectivity index (χ1v) is 11.0. The van der Waals surface area contributed by atoms with Gasteiger partial charge in [-0.3, -0.25) is 14.4 Å². The number of aryl methyl sites for hydroxylation is 2. The molecule has 1 unspecified atom stereocenters. The van der Waals surface area contributed by atoms with Gasteiger partial charge in [0.25, 0.3) is 0 Å². The van der Waals surface area contributed by atoms with Crippen molar-refractivity contribution in [3.8, 4) is 0 Å². The van der Waals surface area contributed by atoms with Crippen molar-refractivity contribution in [3.63, 3.8) is 0 Å². The normalized spacial score (nSPS) is 18.2. The predicted molar refractivity (Wildman–Crippen MR) is 120 cm³/mol. The topological polar surface area (TPSA) is 92.5 Å². The first kappa shape index (κ1) is 24.4. The van der Waals surface area contributed by atoms with Crippen LogP contribution >= 0.6 is 12.4 Å². The maximum atomic E-state index is 12.8. The molecule has 1 fully saturated rings. The summed E-state index contributed by atoms with van der Waals surface area (Å²) in [7, 11) is 0. The Kier molecular flexibility index (Phi) is 9.79. The largest absolute Gasteiger partial charge is 0.354 e. The lowest BCUT2D eigenvalue weighted by Crippen LogP contribution is -2.49. The number of hydrogen-bond donors (Lipinski definition) is 2. The van der Waals surface area contributed by atoms with Crippen LogP contribution in [0.1, 0.15) is 72.9 Å². The summed E-state index contributed by atoms with van der Waals surface area (Å²) in [5.74, 6) is -0.0290. The smallest absolute Gasteiger partial charge is 0.223 e. The maximum absolute atomic E-state index is 12.8. The molecule has 0 spiro atoms. The molecule has 1 aromatic rings. The lowest BCUT2D eigenvalue weighted by Gasteiger charge is -2.36. The Hall–Kier alpha value is -1.92. The highest BCUT2D eigenvalue weighted by Gasteiger charge is 2.27. The fourth-order valence-electron chi connectivity index (χ4n) is 4.41. The van der Waals surface area contributed by atoms with Gasteiger partial charge in [0, 0.05) is 50.5 Å². The summed E-state index contributed by atoms with van der Waals surface area (Å²) < 4.78 is 0. The summed E-state index contributed by atoms with van der Waals surface area (Å²) in [6.45, 7) is 1.48. The van der Waals surface area contributed by atoms with E-state index in [-0.39, 0.29) is 48.9 Å². The Balaban J connectivity index is 0.00000320. The van der Waals surface area contributed by atoms with Gasteiger partial charge in [0.2, 0.25) is 11.8 Å². The molecule has 1 aliphatic carbocycles. The number of piperidine rings is 1. The number of hydrogen-bond acceptors (Lipinski definition) is 4. The second-order valence-electron chi connectivity index (χ2n) is 8.19. The number of carbonyl (C=O) groups is 3. The Morgan fingerprint density at radius 2 is 1.77 bits per heavy atom. The van der Waals surface area contributed by atoms with Crippen LogP contribution < -0.4 is 11.1 Å². The highest BCUT2D eigenvalue weighted by molar-refractivity contribution is 5.98. The van der Waals surface area contributed by atoms with Crippen LogP contribution in [0.15, 0.2) is 18.2 Å². The van der Waals surface area contributed by atoms with Gasteiger partial charge in [0.15, 0.2) is 5.78 Å². The van der Waals surface area contributed by atoms with Crippen molar-refractivity contribution in [2.45, 2.75) is 70.3 Å². The van der Waals surface area contributed by atoms with E-state index < -0.39 is 0 Å². The molecule has 0 saturated carbocycles. The van der Waals surface area contributed by atoms with Gasteiger partial charge in [-0.1, -0.05) is 12.1 Å². The van der Waals surface area contributed by atoms with E-state index in [2.05, 4.69) is 11.4 Å². The number of rotatable bonds is 8. The molecule has 1 aliphatic heterocycles. The molecule has 3 N–H and O–H groups in total. The number of carbonyl (C=O) groups excluding carboxylic acids is 3. The number of amides is 2. The van der Waals surface area contributed by atoms with Gasteiger partial charge in [-0.25, -0.2) is 0 Å². The van der Waals surface area contributed by atoms with E-state index in [1.165, 1.54) is 24.0 Å². The minimum absolute atomic E-state index is 0. The van der Waals surface area contributed by atoms with Crippen LogP contribution in [-0.4, -0.2) is 48.2 Å². The van der Waals surface area contributed by atoms with Crippen molar-refractivity contribution in [1.82, 2.24) is 10.2 Å². The molecule has 30 heavy (non-hydrogen) atoms. The van der Waals surface area contributed by atoms with Crippen molar-refractivity contribution in [2.75, 3.05) is 19.6 Å². The molecule has 166 valence electrons. The molecule has 2 amide bonds. The van der Waals surface area contributed by atoms with E-state index in [4.69, 9.17) is 5.73 Å². The van der Waals surface area contributed by atoms with Crippen LogP contribution in [0.4, 0.5) is 0 Å². The first-order valence-electron chi connectivity index (χ1n) is 11.0. The number of nitrogens with two attached hydrogens (primary N) is 1. The molecule has 2 aliphatic rings. The lowest BCUT2D eigenvalue weighted by molar-refractivity contribution is -0.135. The van der Waals surface area contributed by atoms with Crippen molar-refractivity contribution in [3.05, 3.63) is 34.9 Å². The summed E-state index contributed by atoms with van der Waals surface area (Å²) in [6.07, 6.45) is 8.21. The lowest BCUT2D eigenvalue weighted by atomic mass is 9.89. The molecule has 1 saturated heterocycles. The quantitative estimate of drug-likeness (QED) is 0.614. The summed E-state index contributed by atoms with van der Waals surface area (Å²) in [5, 5.41) is 2.88. The van der Waals surface area contributed by atoms with Crippen LogP contribution in [-0.2, 0) is 22.4 Å². The van der Waals surface area contributed by atoms with Crippen LogP contribution in [0.5, 0.6) is 0 Å². The Morgan fingerprint density at radius 3 is 2.53 bits per heavy atom. The Bertz CT molecular complexity index is 753. The molecule has 7 heteroatoms. The second kappa shape index (κ2) is 12.1. The third-order valence-corrected chi connectivity index (χ3v) is 6.09. The number of ketones is 1. The van der Waals surface area contributed by atoms with E-state index in [9.17, 15) is 14.4 Å². The third kappa shape index (κ3) is 6.54. The van der Waals surface area contributed by atoms with E-state index >= 15 is 0 Å². The van der Waals surface area contributed by atoms with Gasteiger partial charge in [-0.05, 0) is 62.1 Å². The zero-order valence-electron chi connectivity index (χ0n) is 17.7. The second-order valence-corrected chi connectivity index (χ2v) is 8.19. The molecule has 1 atom stereocenters. The molecule has 0 radical (unpaired) electrons. The molecule has 6 nitrogen and oxygen atoms in total. The molecule has 0 bridgehead atoms. The van der Waals surface area contributed by atoms with E-state index in [1.807, 2.05) is 17.0 Å². The van der Waals surface area contributed by atoms with Gasteiger partial charge in [0.1, 0.15) is 0 Å². The number of halogens is 1. The highest BCUT2D eigenvalue weighted by Crippen LogP contribution is 2.23. The molecule has 0 aromatic heterocycles. The Morgan fingerprint density at radius 1 is 1.00 bits per heavy atom. The third-order valence-electron chi connectivity index (χ3n) is 6.09. The van der Waals surface area contributed by atoms with Crippen LogP contribution in [0.2, 0.25) is 0 Å². The molecule has 3 rings (SSSR count). The summed E-state index contributed by atoms with van der Waals surface area (Å²) in [5.41, 5.74) is 8.78. The van der Waals surface area contributed by atoms with Gasteiger partial charge in [-0.2, -0.15) is 0 Å². The van der Waals surface area contributed by atoms with Crippen LogP contribution in [0, 0.1) is 0 Å². The van der Waals surface area contributed by atoms with Gasteiger partial charge >= 0.3 is 0 Å². The number of likely N-dealkylation sites (tertiary alicyclic amines) is 1. The number of nitrogens with zero attached hydrogens (tertiary/aromatic N) is 1. The van der Waals surface area contributed by atoms with Crippen molar-refractivity contribution in [2.24, 2.45) is 5.73 Å². The number of Topliss-reactive ketones (excluding diaryl/α,β-unsaturated/α-hetero) is 1. The van der Waals surface area contributed by atoms with E-state index in [0.29, 0.717) is 26.1 Å². The molecule has 1 aromatic carbocycles. The predicted octanol–water partition coefficient (Wildman–Crippen LogP) is 2.80. The minimum Gasteiger partial charge on any atom is -0.354 e. The molecular weight excluding hydrogens is 402 g/mol. The summed E-state index contributed by atoms with van der Waals surface area (Å²) in [6, 6.07) is 6.02. The number of fused-ring (bicyclic) bond motifs is 1. The van der Waals surface area contributed by atoms with Gasteiger partial charge in [-0.15, -0.1) is 12.4 Å². The highest BCUT2D eigenvalue weighted by atomic mass is 35.5. The van der Waals surface area contributed by atoms with Crippen LogP contribution in [0.3, 0.4) is 0 Å². The summed E-state index contributed by atoms with van der Waals surface area (Å²) in [4.78, 5) is 39.0. The fraction of sp³-hybridized carbons (Fsp3) is 0.609. The SMILES string of the molecule is Cl.NCCC(=O)NCC1CCCCN1C(=O)CCC(=O)c1ccc2c(c1)CCCC2. The molecular formula is C23H34ClN3O3. The minimum atomic E-state index is -0.0759. The van der Waals surface area contributed by atoms with Crippen molar-refractivity contribution in [1.29, 1.82) is 0 Å². The maximum Gasteiger partial charge on any atom is 0.223 e.